The van der Waals surface area contributed by atoms with Gasteiger partial charge in [0, 0.05) is 32.4 Å². The first-order valence-electron chi connectivity index (χ1n) is 6.59. The van der Waals surface area contributed by atoms with Gasteiger partial charge in [-0.05, 0) is 30.4 Å². The van der Waals surface area contributed by atoms with Crippen LogP contribution < -0.4 is 10.6 Å². The molecule has 94 valence electrons. The predicted octanol–water partition coefficient (Wildman–Crippen LogP) is 2.65. The van der Waals surface area contributed by atoms with E-state index >= 15 is 0 Å². The zero-order valence-corrected chi connectivity index (χ0v) is 10.9. The van der Waals surface area contributed by atoms with E-state index in [2.05, 4.69) is 16.0 Å². The molecule has 1 aliphatic carbocycles. The van der Waals surface area contributed by atoms with Crippen LogP contribution in [0.25, 0.3) is 0 Å². The maximum absolute atomic E-state index is 5.93. The van der Waals surface area contributed by atoms with Crippen LogP contribution in [0, 0.1) is 0 Å². The molecule has 0 atom stereocenters. The Hall–Kier alpha value is -1.09. The van der Waals surface area contributed by atoms with Crippen LogP contribution in [-0.4, -0.2) is 19.1 Å². The Bertz CT molecular complexity index is 368. The van der Waals surface area contributed by atoms with E-state index in [0.717, 1.165) is 5.82 Å². The molecule has 0 unspecified atom stereocenters. The molecule has 0 bridgehead atoms. The highest BCUT2D eigenvalue weighted by molar-refractivity contribution is 5.50. The van der Waals surface area contributed by atoms with Crippen LogP contribution in [-0.2, 0) is 6.54 Å². The van der Waals surface area contributed by atoms with Crippen molar-refractivity contribution in [3.63, 3.8) is 0 Å². The van der Waals surface area contributed by atoms with Crippen molar-refractivity contribution in [3.05, 3.63) is 23.4 Å². The van der Waals surface area contributed by atoms with Crippen molar-refractivity contribution in [1.29, 1.82) is 0 Å². The smallest absolute Gasteiger partial charge is 0.132 e. The number of hydrogen-bond donors (Lipinski definition) is 1. The Balaban J connectivity index is 2.35. The number of nitrogens with zero attached hydrogens (tertiary/aromatic N) is 2. The summed E-state index contributed by atoms with van der Waals surface area (Å²) in [6.07, 6.45) is 8.65. The second-order valence-corrected chi connectivity index (χ2v) is 5.14. The Morgan fingerprint density at radius 2 is 2.00 bits per heavy atom. The van der Waals surface area contributed by atoms with Crippen LogP contribution in [0.5, 0.6) is 0 Å². The van der Waals surface area contributed by atoms with Gasteiger partial charge in [0.15, 0.2) is 0 Å². The molecular weight excluding hydrogens is 210 g/mol. The lowest BCUT2D eigenvalue weighted by molar-refractivity contribution is 0.441. The molecule has 1 aromatic heterocycles. The number of aromatic nitrogens is 1. The topological polar surface area (TPSA) is 42.2 Å². The monoisotopic (exact) mass is 233 g/mol. The van der Waals surface area contributed by atoms with Gasteiger partial charge in [0.1, 0.15) is 5.82 Å². The van der Waals surface area contributed by atoms with Crippen molar-refractivity contribution in [2.45, 2.75) is 44.6 Å². The number of pyridine rings is 1. The van der Waals surface area contributed by atoms with Crippen LogP contribution in [0.4, 0.5) is 5.82 Å². The summed E-state index contributed by atoms with van der Waals surface area (Å²) in [5.74, 6) is 1.74. The Morgan fingerprint density at radius 1 is 1.29 bits per heavy atom. The molecule has 1 saturated carbocycles. The van der Waals surface area contributed by atoms with E-state index in [9.17, 15) is 0 Å². The summed E-state index contributed by atoms with van der Waals surface area (Å²) in [5.41, 5.74) is 8.61. The van der Waals surface area contributed by atoms with Crippen molar-refractivity contribution in [2.24, 2.45) is 5.73 Å². The lowest BCUT2D eigenvalue weighted by Gasteiger charge is -2.26. The van der Waals surface area contributed by atoms with E-state index in [1.807, 2.05) is 20.3 Å². The zero-order chi connectivity index (χ0) is 12.3. The summed E-state index contributed by atoms with van der Waals surface area (Å²) >= 11 is 0. The van der Waals surface area contributed by atoms with Gasteiger partial charge in [-0.3, -0.25) is 0 Å². The van der Waals surface area contributed by atoms with Crippen molar-refractivity contribution in [2.75, 3.05) is 19.0 Å². The zero-order valence-electron chi connectivity index (χ0n) is 10.9. The van der Waals surface area contributed by atoms with Crippen molar-refractivity contribution >= 4 is 5.82 Å². The fourth-order valence-corrected chi connectivity index (χ4v) is 2.89. The molecule has 1 fully saturated rings. The SMILES string of the molecule is CN(C)c1nccc(C2CCCCC2)c1CN. The molecule has 0 saturated heterocycles. The van der Waals surface area contributed by atoms with E-state index < -0.39 is 0 Å². The summed E-state index contributed by atoms with van der Waals surface area (Å²) in [6.45, 7) is 0.590. The highest BCUT2D eigenvalue weighted by Gasteiger charge is 2.20. The molecule has 1 heterocycles. The molecule has 0 spiro atoms. The van der Waals surface area contributed by atoms with E-state index in [0.29, 0.717) is 12.5 Å². The molecule has 1 aromatic rings. The normalized spacial score (nSPS) is 17.1. The second kappa shape index (κ2) is 5.50. The van der Waals surface area contributed by atoms with E-state index in [-0.39, 0.29) is 0 Å². The third kappa shape index (κ3) is 2.60. The minimum atomic E-state index is 0.590. The van der Waals surface area contributed by atoms with Crippen molar-refractivity contribution in [1.82, 2.24) is 4.98 Å². The number of hydrogen-bond acceptors (Lipinski definition) is 3. The molecular formula is C14H23N3. The highest BCUT2D eigenvalue weighted by Crippen LogP contribution is 2.36. The number of anilines is 1. The molecule has 3 nitrogen and oxygen atoms in total. The van der Waals surface area contributed by atoms with Gasteiger partial charge in [-0.15, -0.1) is 0 Å². The maximum atomic E-state index is 5.93. The minimum absolute atomic E-state index is 0.590. The van der Waals surface area contributed by atoms with Crippen LogP contribution in [0.3, 0.4) is 0 Å². The van der Waals surface area contributed by atoms with Gasteiger partial charge < -0.3 is 10.6 Å². The Morgan fingerprint density at radius 3 is 2.59 bits per heavy atom. The first-order chi connectivity index (χ1) is 8.24. The molecule has 0 radical (unpaired) electrons. The lowest BCUT2D eigenvalue weighted by Crippen LogP contribution is -2.18. The fourth-order valence-electron chi connectivity index (χ4n) is 2.89. The second-order valence-electron chi connectivity index (χ2n) is 5.14. The standard InChI is InChI=1S/C14H23N3/c1-17(2)14-13(10-15)12(8-9-16-14)11-6-4-3-5-7-11/h8-9,11H,3-7,10,15H2,1-2H3. The predicted molar refractivity (Wildman–Crippen MR) is 72.3 cm³/mol. The minimum Gasteiger partial charge on any atom is -0.362 e. The van der Waals surface area contributed by atoms with Gasteiger partial charge in [-0.25, -0.2) is 4.98 Å². The molecule has 3 heteroatoms. The third-order valence-electron chi connectivity index (χ3n) is 3.74. The van der Waals surface area contributed by atoms with Crippen molar-refractivity contribution < 1.29 is 0 Å². The van der Waals surface area contributed by atoms with Crippen LogP contribution >= 0.6 is 0 Å². The van der Waals surface area contributed by atoms with Gasteiger partial charge in [0.2, 0.25) is 0 Å². The fraction of sp³-hybridized carbons (Fsp3) is 0.643. The molecule has 17 heavy (non-hydrogen) atoms. The summed E-state index contributed by atoms with van der Waals surface area (Å²) in [4.78, 5) is 6.51. The van der Waals surface area contributed by atoms with E-state index in [1.165, 1.54) is 43.2 Å². The van der Waals surface area contributed by atoms with E-state index in [4.69, 9.17) is 5.73 Å². The molecule has 2 N–H and O–H groups in total. The van der Waals surface area contributed by atoms with Gasteiger partial charge >= 0.3 is 0 Å². The maximum Gasteiger partial charge on any atom is 0.132 e. The highest BCUT2D eigenvalue weighted by atomic mass is 15.1. The quantitative estimate of drug-likeness (QED) is 0.872. The van der Waals surface area contributed by atoms with Gasteiger partial charge in [0.25, 0.3) is 0 Å². The van der Waals surface area contributed by atoms with Crippen LogP contribution in [0.2, 0.25) is 0 Å². The molecule has 2 rings (SSSR count). The van der Waals surface area contributed by atoms with Gasteiger partial charge in [0.05, 0.1) is 0 Å². The Kier molecular flexibility index (Phi) is 4.00. The van der Waals surface area contributed by atoms with Crippen molar-refractivity contribution in [3.8, 4) is 0 Å². The van der Waals surface area contributed by atoms with E-state index in [1.54, 1.807) is 0 Å². The van der Waals surface area contributed by atoms with Crippen LogP contribution in [0.1, 0.15) is 49.1 Å². The van der Waals surface area contributed by atoms with Gasteiger partial charge in [-0.2, -0.15) is 0 Å². The summed E-state index contributed by atoms with van der Waals surface area (Å²) in [6, 6.07) is 2.17. The largest absolute Gasteiger partial charge is 0.362 e. The summed E-state index contributed by atoms with van der Waals surface area (Å²) < 4.78 is 0. The molecule has 0 aliphatic heterocycles. The number of nitrogens with two attached hydrogens (primary N) is 1. The summed E-state index contributed by atoms with van der Waals surface area (Å²) in [7, 11) is 4.07. The lowest BCUT2D eigenvalue weighted by atomic mass is 9.82. The third-order valence-corrected chi connectivity index (χ3v) is 3.74. The first kappa shape index (κ1) is 12.4. The molecule has 1 aliphatic rings. The first-order valence-corrected chi connectivity index (χ1v) is 6.59. The average molecular weight is 233 g/mol. The molecule has 0 aromatic carbocycles. The Labute approximate surface area is 104 Å². The van der Waals surface area contributed by atoms with Crippen LogP contribution in [0.15, 0.2) is 12.3 Å². The molecule has 0 amide bonds. The average Bonchev–Trinajstić information content (AvgIpc) is 2.38. The summed E-state index contributed by atoms with van der Waals surface area (Å²) in [5, 5.41) is 0. The number of rotatable bonds is 3. The van der Waals surface area contributed by atoms with Gasteiger partial charge in [-0.1, -0.05) is 19.3 Å².